The molecule has 0 N–H and O–H groups in total. The summed E-state index contributed by atoms with van der Waals surface area (Å²) in [5.41, 5.74) is 0.744. The van der Waals surface area contributed by atoms with E-state index in [2.05, 4.69) is 4.99 Å². The maximum atomic E-state index is 11.3. The number of rotatable bonds is 3. The molecule has 2 aliphatic heterocycles. The molecule has 0 radical (unpaired) electrons. The van der Waals surface area contributed by atoms with Gasteiger partial charge in [0.15, 0.2) is 5.79 Å². The minimum absolute atomic E-state index is 0.0422. The summed E-state index contributed by atoms with van der Waals surface area (Å²) in [6, 6.07) is 0. The molecule has 5 heteroatoms. The predicted octanol–water partition coefficient (Wildman–Crippen LogP) is 0.914. The Hall–Kier alpha value is -0.940. The number of carbonyl (C=O) groups excluding carboxylic acids is 1. The van der Waals surface area contributed by atoms with Crippen LogP contribution in [-0.4, -0.2) is 42.8 Å². The highest BCUT2D eigenvalue weighted by molar-refractivity contribution is 6.03. The van der Waals surface area contributed by atoms with Gasteiger partial charge in [-0.15, -0.1) is 0 Å². The van der Waals surface area contributed by atoms with Crippen molar-refractivity contribution in [1.82, 2.24) is 0 Å². The zero-order valence-corrected chi connectivity index (χ0v) is 9.86. The van der Waals surface area contributed by atoms with Crippen molar-refractivity contribution in [3.63, 3.8) is 0 Å². The van der Waals surface area contributed by atoms with Gasteiger partial charge in [-0.1, -0.05) is 0 Å². The van der Waals surface area contributed by atoms with Crippen molar-refractivity contribution >= 4 is 11.7 Å². The summed E-state index contributed by atoms with van der Waals surface area (Å²) < 4.78 is 16.2. The average molecular weight is 227 g/mol. The number of nitrogens with zero attached hydrogens (tertiary/aromatic N) is 1. The fraction of sp³-hybridized carbons (Fsp3) is 0.818. The van der Waals surface area contributed by atoms with Gasteiger partial charge in [0, 0.05) is 0 Å². The lowest BCUT2D eigenvalue weighted by atomic mass is 10.1. The fourth-order valence-electron chi connectivity index (χ4n) is 2.06. The van der Waals surface area contributed by atoms with E-state index in [9.17, 15) is 4.79 Å². The maximum Gasteiger partial charge on any atom is 0.311 e. The van der Waals surface area contributed by atoms with E-state index in [4.69, 9.17) is 14.2 Å². The van der Waals surface area contributed by atoms with Crippen LogP contribution in [-0.2, 0) is 19.0 Å². The summed E-state index contributed by atoms with van der Waals surface area (Å²) in [7, 11) is 0. The summed E-state index contributed by atoms with van der Waals surface area (Å²) in [4.78, 5) is 15.6. The SMILES string of the molecule is CCOC(=O)CC1=NCC2OC(C)(C)OC12. The Morgan fingerprint density at radius 2 is 2.31 bits per heavy atom. The Kier molecular flexibility index (Phi) is 2.99. The van der Waals surface area contributed by atoms with E-state index in [0.29, 0.717) is 13.2 Å². The molecule has 0 aromatic carbocycles. The Labute approximate surface area is 94.8 Å². The van der Waals surface area contributed by atoms with Crippen LogP contribution in [0.25, 0.3) is 0 Å². The van der Waals surface area contributed by atoms with Crippen molar-refractivity contribution < 1.29 is 19.0 Å². The van der Waals surface area contributed by atoms with Crippen LogP contribution in [0.5, 0.6) is 0 Å². The predicted molar refractivity (Wildman–Crippen MR) is 57.4 cm³/mol. The van der Waals surface area contributed by atoms with Crippen LogP contribution in [0, 0.1) is 0 Å². The van der Waals surface area contributed by atoms with E-state index in [1.165, 1.54) is 0 Å². The highest BCUT2D eigenvalue weighted by atomic mass is 16.8. The van der Waals surface area contributed by atoms with Gasteiger partial charge in [-0.2, -0.15) is 0 Å². The van der Waals surface area contributed by atoms with Gasteiger partial charge in [0.05, 0.1) is 25.3 Å². The standard InChI is InChI=1S/C11H17NO4/c1-4-14-9(13)5-7-10-8(6-12-7)15-11(2,3)16-10/h8,10H,4-6H2,1-3H3. The minimum atomic E-state index is -0.578. The van der Waals surface area contributed by atoms with Gasteiger partial charge in [-0.3, -0.25) is 9.79 Å². The lowest BCUT2D eigenvalue weighted by Gasteiger charge is -2.17. The molecule has 0 aromatic heterocycles. The molecule has 1 saturated heterocycles. The van der Waals surface area contributed by atoms with Crippen molar-refractivity contribution in [2.45, 2.75) is 45.2 Å². The molecule has 0 aromatic rings. The molecule has 1 fully saturated rings. The number of fused-ring (bicyclic) bond motifs is 1. The van der Waals surface area contributed by atoms with E-state index in [1.807, 2.05) is 13.8 Å². The molecule has 90 valence electrons. The molecule has 0 aliphatic carbocycles. The van der Waals surface area contributed by atoms with E-state index >= 15 is 0 Å². The van der Waals surface area contributed by atoms with E-state index in [-0.39, 0.29) is 24.6 Å². The first-order chi connectivity index (χ1) is 7.52. The van der Waals surface area contributed by atoms with Crippen LogP contribution in [0.4, 0.5) is 0 Å². The second-order valence-electron chi connectivity index (χ2n) is 4.41. The van der Waals surface area contributed by atoms with Crippen LogP contribution in [0.1, 0.15) is 27.2 Å². The average Bonchev–Trinajstić information content (AvgIpc) is 2.64. The van der Waals surface area contributed by atoms with Crippen molar-refractivity contribution in [2.24, 2.45) is 4.99 Å². The first kappa shape index (κ1) is 11.5. The van der Waals surface area contributed by atoms with Gasteiger partial charge in [-0.25, -0.2) is 0 Å². The van der Waals surface area contributed by atoms with Crippen LogP contribution < -0.4 is 0 Å². The van der Waals surface area contributed by atoms with Crippen molar-refractivity contribution in [3.05, 3.63) is 0 Å². The monoisotopic (exact) mass is 227 g/mol. The molecular weight excluding hydrogens is 210 g/mol. The molecule has 16 heavy (non-hydrogen) atoms. The summed E-state index contributed by atoms with van der Waals surface area (Å²) in [5, 5.41) is 0. The highest BCUT2D eigenvalue weighted by Gasteiger charge is 2.46. The Morgan fingerprint density at radius 3 is 3.00 bits per heavy atom. The molecule has 0 spiro atoms. The third-order valence-electron chi connectivity index (χ3n) is 2.62. The number of aliphatic imine (C=N–C) groups is 1. The largest absolute Gasteiger partial charge is 0.466 e. The molecule has 0 amide bonds. The second-order valence-corrected chi connectivity index (χ2v) is 4.41. The van der Waals surface area contributed by atoms with Gasteiger partial charge in [0.1, 0.15) is 12.2 Å². The maximum absolute atomic E-state index is 11.3. The summed E-state index contributed by atoms with van der Waals surface area (Å²) in [6.45, 7) is 6.49. The van der Waals surface area contributed by atoms with Crippen LogP contribution in [0.3, 0.4) is 0 Å². The molecule has 0 saturated carbocycles. The van der Waals surface area contributed by atoms with Crippen molar-refractivity contribution in [1.29, 1.82) is 0 Å². The van der Waals surface area contributed by atoms with Gasteiger partial charge in [0.25, 0.3) is 0 Å². The Balaban J connectivity index is 1.95. The molecule has 5 nitrogen and oxygen atoms in total. The number of ether oxygens (including phenoxy) is 3. The van der Waals surface area contributed by atoms with Crippen molar-refractivity contribution in [3.8, 4) is 0 Å². The summed E-state index contributed by atoms with van der Waals surface area (Å²) in [5.74, 6) is -0.833. The normalized spacial score (nSPS) is 31.1. The number of carbonyl (C=O) groups is 1. The Morgan fingerprint density at radius 1 is 1.56 bits per heavy atom. The fourth-order valence-corrected chi connectivity index (χ4v) is 2.06. The molecular formula is C11H17NO4. The van der Waals surface area contributed by atoms with Gasteiger partial charge >= 0.3 is 5.97 Å². The zero-order valence-electron chi connectivity index (χ0n) is 9.86. The van der Waals surface area contributed by atoms with Crippen LogP contribution in [0.15, 0.2) is 4.99 Å². The molecule has 2 atom stereocenters. The van der Waals surface area contributed by atoms with Gasteiger partial charge in [-0.05, 0) is 20.8 Å². The highest BCUT2D eigenvalue weighted by Crippen LogP contribution is 2.32. The van der Waals surface area contributed by atoms with Crippen molar-refractivity contribution in [2.75, 3.05) is 13.2 Å². The first-order valence-electron chi connectivity index (χ1n) is 5.56. The molecule has 2 heterocycles. The van der Waals surface area contributed by atoms with Gasteiger partial charge < -0.3 is 14.2 Å². The lowest BCUT2D eigenvalue weighted by molar-refractivity contribution is -0.144. The lowest BCUT2D eigenvalue weighted by Crippen LogP contribution is -2.29. The molecule has 2 rings (SSSR count). The molecule has 2 unspecified atom stereocenters. The van der Waals surface area contributed by atoms with Crippen LogP contribution in [0.2, 0.25) is 0 Å². The summed E-state index contributed by atoms with van der Waals surface area (Å²) >= 11 is 0. The van der Waals surface area contributed by atoms with E-state index < -0.39 is 5.79 Å². The van der Waals surface area contributed by atoms with Gasteiger partial charge in [0.2, 0.25) is 0 Å². The molecule has 2 aliphatic rings. The van der Waals surface area contributed by atoms with E-state index in [1.54, 1.807) is 6.92 Å². The van der Waals surface area contributed by atoms with Crippen LogP contribution >= 0.6 is 0 Å². The number of hydrogen-bond donors (Lipinski definition) is 0. The third kappa shape index (κ3) is 2.25. The minimum Gasteiger partial charge on any atom is -0.466 e. The van der Waals surface area contributed by atoms with E-state index in [0.717, 1.165) is 5.71 Å². The topological polar surface area (TPSA) is 57.1 Å². The number of hydrogen-bond acceptors (Lipinski definition) is 5. The Bertz CT molecular complexity index is 324. The first-order valence-corrected chi connectivity index (χ1v) is 5.56. The second kappa shape index (κ2) is 4.14. The quantitative estimate of drug-likeness (QED) is 0.672. The zero-order chi connectivity index (χ0) is 11.8. The molecule has 0 bridgehead atoms. The summed E-state index contributed by atoms with van der Waals surface area (Å²) in [6.07, 6.45) is -0.0205. The third-order valence-corrected chi connectivity index (χ3v) is 2.62. The smallest absolute Gasteiger partial charge is 0.311 e. The number of esters is 1.